The number of halogens is 1. The Morgan fingerprint density at radius 2 is 1.33 bits per heavy atom. The second kappa shape index (κ2) is 5.92. The van der Waals surface area contributed by atoms with Crippen molar-refractivity contribution in [2.75, 3.05) is 0 Å². The van der Waals surface area contributed by atoms with E-state index in [-0.39, 0.29) is 5.82 Å². The number of benzene rings is 3. The third-order valence-corrected chi connectivity index (χ3v) is 3.71. The van der Waals surface area contributed by atoms with Gasteiger partial charge < -0.3 is 0 Å². The summed E-state index contributed by atoms with van der Waals surface area (Å²) >= 11 is 0. The maximum Gasteiger partial charge on any atom is 0.124 e. The zero-order valence-electron chi connectivity index (χ0n) is 12.0. The SMILES string of the molecule is CCc1cc(F)cc(-c2ccccc2)c1-c1ccccc1. The van der Waals surface area contributed by atoms with Crippen molar-refractivity contribution in [3.63, 3.8) is 0 Å². The average molecular weight is 276 g/mol. The molecule has 0 heterocycles. The summed E-state index contributed by atoms with van der Waals surface area (Å²) in [5, 5.41) is 0. The van der Waals surface area contributed by atoms with Gasteiger partial charge >= 0.3 is 0 Å². The number of hydrogen-bond acceptors (Lipinski definition) is 0. The summed E-state index contributed by atoms with van der Waals surface area (Å²) in [5.41, 5.74) is 5.31. The molecule has 0 N–H and O–H groups in total. The summed E-state index contributed by atoms with van der Waals surface area (Å²) in [5.74, 6) is -0.176. The van der Waals surface area contributed by atoms with Crippen molar-refractivity contribution in [2.24, 2.45) is 0 Å². The maximum absolute atomic E-state index is 14.0. The third kappa shape index (κ3) is 2.73. The monoisotopic (exact) mass is 276 g/mol. The molecule has 0 aromatic heterocycles. The predicted molar refractivity (Wildman–Crippen MR) is 86.7 cm³/mol. The van der Waals surface area contributed by atoms with Gasteiger partial charge in [0.1, 0.15) is 5.82 Å². The van der Waals surface area contributed by atoms with E-state index in [2.05, 4.69) is 19.1 Å². The first-order chi connectivity index (χ1) is 10.3. The minimum atomic E-state index is -0.176. The lowest BCUT2D eigenvalue weighted by Gasteiger charge is -2.15. The minimum absolute atomic E-state index is 0.176. The van der Waals surface area contributed by atoms with Crippen LogP contribution in [0.5, 0.6) is 0 Å². The molecule has 0 fully saturated rings. The molecule has 0 aliphatic rings. The van der Waals surface area contributed by atoms with E-state index in [1.165, 1.54) is 0 Å². The van der Waals surface area contributed by atoms with Gasteiger partial charge in [-0.3, -0.25) is 0 Å². The van der Waals surface area contributed by atoms with E-state index in [9.17, 15) is 4.39 Å². The van der Waals surface area contributed by atoms with Crippen LogP contribution in [0.4, 0.5) is 4.39 Å². The molecule has 0 saturated carbocycles. The molecule has 3 aromatic carbocycles. The smallest absolute Gasteiger partial charge is 0.124 e. The van der Waals surface area contributed by atoms with Crippen LogP contribution in [0.1, 0.15) is 12.5 Å². The highest BCUT2D eigenvalue weighted by atomic mass is 19.1. The standard InChI is InChI=1S/C20H17F/c1-2-15-13-18(21)14-19(16-9-5-3-6-10-16)20(15)17-11-7-4-8-12-17/h3-14H,2H2,1H3. The van der Waals surface area contributed by atoms with Gasteiger partial charge in [-0.2, -0.15) is 0 Å². The molecule has 0 atom stereocenters. The largest absolute Gasteiger partial charge is 0.207 e. The fraction of sp³-hybridized carbons (Fsp3) is 0.100. The predicted octanol–water partition coefficient (Wildman–Crippen LogP) is 5.72. The Labute approximate surface area is 124 Å². The molecule has 0 unspecified atom stereocenters. The van der Waals surface area contributed by atoms with E-state index in [1.807, 2.05) is 48.5 Å². The van der Waals surface area contributed by atoms with Crippen molar-refractivity contribution in [1.82, 2.24) is 0 Å². The Morgan fingerprint density at radius 3 is 1.90 bits per heavy atom. The third-order valence-electron chi connectivity index (χ3n) is 3.71. The van der Waals surface area contributed by atoms with Crippen LogP contribution in [-0.2, 0) is 6.42 Å². The van der Waals surface area contributed by atoms with E-state index in [0.717, 1.165) is 34.2 Å². The highest BCUT2D eigenvalue weighted by Gasteiger charge is 2.13. The molecule has 0 aliphatic heterocycles. The Hall–Kier alpha value is -2.41. The number of rotatable bonds is 3. The minimum Gasteiger partial charge on any atom is -0.207 e. The molecule has 0 radical (unpaired) electrons. The van der Waals surface area contributed by atoms with Gasteiger partial charge in [-0.15, -0.1) is 0 Å². The Kier molecular flexibility index (Phi) is 3.83. The van der Waals surface area contributed by atoms with E-state index in [0.29, 0.717) is 0 Å². The first-order valence-corrected chi connectivity index (χ1v) is 7.23. The molecule has 0 spiro atoms. The van der Waals surface area contributed by atoms with E-state index < -0.39 is 0 Å². The van der Waals surface area contributed by atoms with Crippen molar-refractivity contribution < 1.29 is 4.39 Å². The molecule has 0 aliphatic carbocycles. The fourth-order valence-electron chi connectivity index (χ4n) is 2.73. The quantitative estimate of drug-likeness (QED) is 0.573. The normalized spacial score (nSPS) is 10.6. The zero-order valence-corrected chi connectivity index (χ0v) is 12.0. The molecule has 0 amide bonds. The van der Waals surface area contributed by atoms with Crippen LogP contribution in [0.3, 0.4) is 0 Å². The lowest BCUT2D eigenvalue weighted by Crippen LogP contribution is -1.94. The average Bonchev–Trinajstić information content (AvgIpc) is 2.55. The fourth-order valence-corrected chi connectivity index (χ4v) is 2.73. The number of aryl methyl sites for hydroxylation is 1. The summed E-state index contributed by atoms with van der Waals surface area (Å²) in [6, 6.07) is 23.5. The van der Waals surface area contributed by atoms with Crippen LogP contribution in [0, 0.1) is 5.82 Å². The molecule has 3 rings (SSSR count). The molecular weight excluding hydrogens is 259 g/mol. The summed E-state index contributed by atoms with van der Waals surface area (Å²) < 4.78 is 14.0. The maximum atomic E-state index is 14.0. The first kappa shape index (κ1) is 13.6. The van der Waals surface area contributed by atoms with Gasteiger partial charge in [0.05, 0.1) is 0 Å². The van der Waals surface area contributed by atoms with E-state index >= 15 is 0 Å². The lowest BCUT2D eigenvalue weighted by molar-refractivity contribution is 0.626. The number of hydrogen-bond donors (Lipinski definition) is 0. The summed E-state index contributed by atoms with van der Waals surface area (Å²) in [6.07, 6.45) is 0.807. The van der Waals surface area contributed by atoms with Crippen molar-refractivity contribution >= 4 is 0 Å². The van der Waals surface area contributed by atoms with E-state index in [1.54, 1.807) is 12.1 Å². The molecule has 104 valence electrons. The molecule has 0 bridgehead atoms. The highest BCUT2D eigenvalue weighted by molar-refractivity contribution is 5.85. The second-order valence-electron chi connectivity index (χ2n) is 5.07. The van der Waals surface area contributed by atoms with Crippen LogP contribution in [-0.4, -0.2) is 0 Å². The molecule has 0 saturated heterocycles. The molecule has 1 heteroatoms. The van der Waals surface area contributed by atoms with Gasteiger partial charge in [0.2, 0.25) is 0 Å². The Balaban J connectivity index is 2.31. The van der Waals surface area contributed by atoms with Crippen molar-refractivity contribution in [2.45, 2.75) is 13.3 Å². The van der Waals surface area contributed by atoms with Gasteiger partial charge in [0.25, 0.3) is 0 Å². The Bertz CT molecular complexity index is 731. The van der Waals surface area contributed by atoms with Gasteiger partial charge in [-0.05, 0) is 46.4 Å². The summed E-state index contributed by atoms with van der Waals surface area (Å²) in [4.78, 5) is 0. The van der Waals surface area contributed by atoms with Crippen LogP contribution in [0.25, 0.3) is 22.3 Å². The van der Waals surface area contributed by atoms with Gasteiger partial charge in [0, 0.05) is 0 Å². The van der Waals surface area contributed by atoms with Gasteiger partial charge in [-0.25, -0.2) is 4.39 Å². The van der Waals surface area contributed by atoms with Crippen molar-refractivity contribution in [3.05, 3.63) is 84.2 Å². The topological polar surface area (TPSA) is 0 Å². The van der Waals surface area contributed by atoms with Crippen LogP contribution < -0.4 is 0 Å². The molecule has 3 aromatic rings. The molecular formula is C20H17F. The van der Waals surface area contributed by atoms with Gasteiger partial charge in [0.15, 0.2) is 0 Å². The molecule has 0 nitrogen and oxygen atoms in total. The zero-order chi connectivity index (χ0) is 14.7. The highest BCUT2D eigenvalue weighted by Crippen LogP contribution is 2.36. The lowest BCUT2D eigenvalue weighted by atomic mass is 9.89. The van der Waals surface area contributed by atoms with Crippen molar-refractivity contribution in [1.29, 1.82) is 0 Å². The van der Waals surface area contributed by atoms with Crippen LogP contribution in [0.2, 0.25) is 0 Å². The summed E-state index contributed by atoms with van der Waals surface area (Å²) in [7, 11) is 0. The van der Waals surface area contributed by atoms with Crippen LogP contribution >= 0.6 is 0 Å². The van der Waals surface area contributed by atoms with Gasteiger partial charge in [-0.1, -0.05) is 67.6 Å². The summed E-state index contributed by atoms with van der Waals surface area (Å²) in [6.45, 7) is 2.07. The molecule has 21 heavy (non-hydrogen) atoms. The van der Waals surface area contributed by atoms with Crippen LogP contribution in [0.15, 0.2) is 72.8 Å². The Morgan fingerprint density at radius 1 is 0.762 bits per heavy atom. The van der Waals surface area contributed by atoms with E-state index in [4.69, 9.17) is 0 Å². The second-order valence-corrected chi connectivity index (χ2v) is 5.07. The first-order valence-electron chi connectivity index (χ1n) is 7.23. The van der Waals surface area contributed by atoms with Crippen molar-refractivity contribution in [3.8, 4) is 22.3 Å².